The molecule has 0 amide bonds. The summed E-state index contributed by atoms with van der Waals surface area (Å²) in [5, 5.41) is 12.6. The fourth-order valence-electron chi connectivity index (χ4n) is 3.76. The molecule has 1 aromatic heterocycles. The zero-order valence-corrected chi connectivity index (χ0v) is 12.2. The molecule has 1 saturated heterocycles. The minimum absolute atomic E-state index is 0.172. The summed E-state index contributed by atoms with van der Waals surface area (Å²) >= 11 is 0. The topological polar surface area (TPSA) is 71.5 Å². The zero-order chi connectivity index (χ0) is 15.1. The smallest absolute Gasteiger partial charge is 0.337 e. The Balaban J connectivity index is 1.81. The molecule has 2 atom stereocenters. The highest BCUT2D eigenvalue weighted by molar-refractivity contribution is 5.88. The van der Waals surface area contributed by atoms with Gasteiger partial charge in [-0.2, -0.15) is 0 Å². The van der Waals surface area contributed by atoms with E-state index in [2.05, 4.69) is 22.5 Å². The number of nitrogens with zero attached hydrogens (tertiary/aromatic N) is 1. The molecule has 0 spiro atoms. The van der Waals surface area contributed by atoms with Crippen molar-refractivity contribution in [2.75, 3.05) is 13.2 Å². The van der Waals surface area contributed by atoms with E-state index < -0.39 is 5.97 Å². The molecule has 114 valence electrons. The molecule has 0 saturated carbocycles. The van der Waals surface area contributed by atoms with Crippen LogP contribution in [0.1, 0.15) is 35.3 Å². The molecular formula is C17H18N2O3. The Morgan fingerprint density at radius 1 is 1.32 bits per heavy atom. The van der Waals surface area contributed by atoms with E-state index in [9.17, 15) is 4.79 Å². The van der Waals surface area contributed by atoms with Crippen molar-refractivity contribution < 1.29 is 14.6 Å². The maximum atomic E-state index is 11.1. The van der Waals surface area contributed by atoms with E-state index >= 15 is 0 Å². The Morgan fingerprint density at radius 3 is 3.09 bits per heavy atom. The molecule has 22 heavy (non-hydrogen) atoms. The van der Waals surface area contributed by atoms with Crippen molar-refractivity contribution in [3.05, 3.63) is 41.4 Å². The average Bonchev–Trinajstić information content (AvgIpc) is 2.97. The van der Waals surface area contributed by atoms with E-state index in [4.69, 9.17) is 9.84 Å². The summed E-state index contributed by atoms with van der Waals surface area (Å²) in [6.07, 6.45) is 8.89. The van der Waals surface area contributed by atoms with E-state index in [0.717, 1.165) is 31.5 Å². The van der Waals surface area contributed by atoms with Gasteiger partial charge >= 0.3 is 5.97 Å². The van der Waals surface area contributed by atoms with Gasteiger partial charge in [-0.1, -0.05) is 6.08 Å². The Bertz CT molecular complexity index is 693. The van der Waals surface area contributed by atoms with Crippen molar-refractivity contribution in [1.82, 2.24) is 10.3 Å². The van der Waals surface area contributed by atoms with Crippen LogP contribution in [0.25, 0.3) is 5.57 Å². The van der Waals surface area contributed by atoms with E-state index in [1.54, 1.807) is 6.07 Å². The molecule has 1 aromatic rings. The van der Waals surface area contributed by atoms with Crippen LogP contribution >= 0.6 is 0 Å². The molecule has 3 heterocycles. The number of hydrogen-bond acceptors (Lipinski definition) is 4. The number of pyridine rings is 1. The lowest BCUT2D eigenvalue weighted by atomic mass is 9.75. The number of allylic oxidation sites excluding steroid dienone is 4. The SMILES string of the molecule is O=C(O)c1cnc2c(c1)OCCCC1C2=CC=C2NCCC21. The number of hydrogen-bond donors (Lipinski definition) is 2. The third-order valence-corrected chi connectivity index (χ3v) is 4.80. The molecule has 0 radical (unpaired) electrons. The first-order valence-electron chi connectivity index (χ1n) is 7.76. The molecule has 1 aliphatic carbocycles. The zero-order valence-electron chi connectivity index (χ0n) is 12.2. The summed E-state index contributed by atoms with van der Waals surface area (Å²) in [5.41, 5.74) is 3.49. The molecule has 5 nitrogen and oxygen atoms in total. The highest BCUT2D eigenvalue weighted by atomic mass is 16.5. The summed E-state index contributed by atoms with van der Waals surface area (Å²) in [6.45, 7) is 1.64. The summed E-state index contributed by atoms with van der Waals surface area (Å²) < 4.78 is 5.78. The minimum atomic E-state index is -0.975. The lowest BCUT2D eigenvalue weighted by Gasteiger charge is -2.32. The predicted molar refractivity (Wildman–Crippen MR) is 81.6 cm³/mol. The number of fused-ring (bicyclic) bond motifs is 5. The molecule has 0 aromatic carbocycles. The van der Waals surface area contributed by atoms with Gasteiger partial charge in [-0.05, 0) is 42.9 Å². The number of carboxylic acids is 1. The van der Waals surface area contributed by atoms with Crippen molar-refractivity contribution in [3.8, 4) is 5.75 Å². The first-order chi connectivity index (χ1) is 10.7. The van der Waals surface area contributed by atoms with Crippen LogP contribution in [-0.4, -0.2) is 29.2 Å². The molecule has 2 aliphatic heterocycles. The Hall–Kier alpha value is -2.30. The van der Waals surface area contributed by atoms with E-state index in [0.29, 0.717) is 24.2 Å². The second kappa shape index (κ2) is 5.16. The van der Waals surface area contributed by atoms with Gasteiger partial charge in [0.05, 0.1) is 12.2 Å². The highest BCUT2D eigenvalue weighted by Crippen LogP contribution is 2.45. The second-order valence-electron chi connectivity index (χ2n) is 6.04. The molecule has 5 heteroatoms. The Kier molecular flexibility index (Phi) is 3.13. The summed E-state index contributed by atoms with van der Waals surface area (Å²) in [5.74, 6) is 0.601. The molecule has 0 bridgehead atoms. The Morgan fingerprint density at radius 2 is 2.23 bits per heavy atom. The normalized spacial score (nSPS) is 26.0. The molecular weight excluding hydrogens is 280 g/mol. The number of aromatic nitrogens is 1. The quantitative estimate of drug-likeness (QED) is 0.833. The number of carboxylic acid groups (broad SMARTS) is 1. The lowest BCUT2D eigenvalue weighted by Crippen LogP contribution is -2.24. The van der Waals surface area contributed by atoms with Gasteiger partial charge in [-0.3, -0.25) is 4.98 Å². The Labute approximate surface area is 128 Å². The average molecular weight is 298 g/mol. The number of ether oxygens (including phenoxy) is 1. The first-order valence-corrected chi connectivity index (χ1v) is 7.76. The van der Waals surface area contributed by atoms with Crippen LogP contribution < -0.4 is 10.1 Å². The first kappa shape index (κ1) is 13.4. The third kappa shape index (κ3) is 2.08. The maximum Gasteiger partial charge on any atom is 0.337 e. The fraction of sp³-hybridized carbons (Fsp3) is 0.412. The van der Waals surface area contributed by atoms with Crippen molar-refractivity contribution in [3.63, 3.8) is 0 Å². The van der Waals surface area contributed by atoms with Crippen molar-refractivity contribution in [2.45, 2.75) is 19.3 Å². The van der Waals surface area contributed by atoms with Crippen LogP contribution in [0, 0.1) is 11.8 Å². The van der Waals surface area contributed by atoms with Crippen molar-refractivity contribution in [2.24, 2.45) is 11.8 Å². The molecule has 2 N–H and O–H groups in total. The van der Waals surface area contributed by atoms with Crippen LogP contribution in [0.4, 0.5) is 0 Å². The highest BCUT2D eigenvalue weighted by Gasteiger charge is 2.36. The fourth-order valence-corrected chi connectivity index (χ4v) is 3.76. The number of carbonyl (C=O) groups is 1. The van der Waals surface area contributed by atoms with E-state index in [-0.39, 0.29) is 5.56 Å². The van der Waals surface area contributed by atoms with Gasteiger partial charge in [0.2, 0.25) is 0 Å². The van der Waals surface area contributed by atoms with Gasteiger partial charge in [0.1, 0.15) is 11.4 Å². The van der Waals surface area contributed by atoms with Crippen molar-refractivity contribution >= 4 is 11.5 Å². The molecule has 1 fully saturated rings. The van der Waals surface area contributed by atoms with Gasteiger partial charge in [-0.25, -0.2) is 4.79 Å². The van der Waals surface area contributed by atoms with Gasteiger partial charge in [-0.15, -0.1) is 0 Å². The molecule has 2 unspecified atom stereocenters. The lowest BCUT2D eigenvalue weighted by molar-refractivity contribution is 0.0695. The predicted octanol–water partition coefficient (Wildman–Crippen LogP) is 2.46. The number of rotatable bonds is 1. The van der Waals surface area contributed by atoms with E-state index in [1.807, 2.05) is 0 Å². The van der Waals surface area contributed by atoms with Gasteiger partial charge < -0.3 is 15.2 Å². The van der Waals surface area contributed by atoms with Gasteiger partial charge in [0, 0.05) is 24.4 Å². The monoisotopic (exact) mass is 298 g/mol. The summed E-state index contributed by atoms with van der Waals surface area (Å²) in [4.78, 5) is 15.6. The van der Waals surface area contributed by atoms with Crippen LogP contribution in [0.3, 0.4) is 0 Å². The largest absolute Gasteiger partial charge is 0.491 e. The second-order valence-corrected chi connectivity index (χ2v) is 6.04. The summed E-state index contributed by atoms with van der Waals surface area (Å²) in [7, 11) is 0. The van der Waals surface area contributed by atoms with Gasteiger partial charge in [0.15, 0.2) is 0 Å². The number of nitrogens with one attached hydrogen (secondary N) is 1. The van der Waals surface area contributed by atoms with Crippen LogP contribution in [-0.2, 0) is 0 Å². The third-order valence-electron chi connectivity index (χ3n) is 4.80. The van der Waals surface area contributed by atoms with Crippen LogP contribution in [0.5, 0.6) is 5.75 Å². The maximum absolute atomic E-state index is 11.1. The standard InChI is InChI=1S/C17H18N2O3/c20-17(21)10-8-15-16(19-9-10)13-3-4-14-12(5-6-18-14)11(13)2-1-7-22-15/h3-4,8-9,11-12,18H,1-2,5-7H2,(H,20,21). The van der Waals surface area contributed by atoms with Crippen LogP contribution in [0.2, 0.25) is 0 Å². The van der Waals surface area contributed by atoms with Crippen molar-refractivity contribution in [1.29, 1.82) is 0 Å². The summed E-state index contributed by atoms with van der Waals surface area (Å²) in [6, 6.07) is 1.60. The number of aromatic carboxylic acids is 1. The molecule has 3 aliphatic rings. The van der Waals surface area contributed by atoms with E-state index in [1.165, 1.54) is 17.5 Å². The molecule has 4 rings (SSSR count). The minimum Gasteiger partial charge on any atom is -0.491 e. The van der Waals surface area contributed by atoms with Crippen LogP contribution in [0.15, 0.2) is 30.1 Å². The van der Waals surface area contributed by atoms with Gasteiger partial charge in [0.25, 0.3) is 0 Å².